The summed E-state index contributed by atoms with van der Waals surface area (Å²) >= 11 is 3.42. The minimum absolute atomic E-state index is 0.351. The van der Waals surface area contributed by atoms with E-state index in [1.807, 2.05) is 0 Å². The van der Waals surface area contributed by atoms with Gasteiger partial charge in [-0.3, -0.25) is 0 Å². The van der Waals surface area contributed by atoms with E-state index in [9.17, 15) is 0 Å². The third kappa shape index (κ3) is 1.48. The van der Waals surface area contributed by atoms with Gasteiger partial charge in [-0.15, -0.1) is 6.42 Å². The summed E-state index contributed by atoms with van der Waals surface area (Å²) in [4.78, 5) is 8.28. The molecule has 0 fully saturated rings. The number of nitrogens with one attached hydrogen (secondary N) is 1. The highest BCUT2D eigenvalue weighted by Gasteiger charge is 2.11. The van der Waals surface area contributed by atoms with Crippen LogP contribution in [-0.4, -0.2) is 17.0 Å². The monoisotopic (exact) mass is 276 g/mol. The standard InChI is InChI=1S/C11H9BrN4/c1-3-6-9-7(4-15-10(6)13)11(14-2)16-5-8(9)12/h1,4-5H,2H3,(H2,13,15)(H,14,16). The first-order valence-corrected chi connectivity index (χ1v) is 5.35. The summed E-state index contributed by atoms with van der Waals surface area (Å²) in [5.74, 6) is 3.63. The zero-order chi connectivity index (χ0) is 11.7. The lowest BCUT2D eigenvalue weighted by Gasteiger charge is -2.09. The summed E-state index contributed by atoms with van der Waals surface area (Å²) in [6.45, 7) is 0. The molecule has 2 aromatic heterocycles. The van der Waals surface area contributed by atoms with Crippen molar-refractivity contribution in [1.29, 1.82) is 0 Å². The summed E-state index contributed by atoms with van der Waals surface area (Å²) in [6, 6.07) is 0. The van der Waals surface area contributed by atoms with E-state index >= 15 is 0 Å². The fourth-order valence-electron chi connectivity index (χ4n) is 1.55. The van der Waals surface area contributed by atoms with E-state index in [4.69, 9.17) is 12.2 Å². The highest BCUT2D eigenvalue weighted by Crippen LogP contribution is 2.31. The van der Waals surface area contributed by atoms with Crippen LogP contribution in [0.2, 0.25) is 0 Å². The number of hydrogen-bond donors (Lipinski definition) is 2. The zero-order valence-electron chi connectivity index (χ0n) is 8.58. The van der Waals surface area contributed by atoms with Gasteiger partial charge in [0.05, 0.1) is 5.56 Å². The molecular weight excluding hydrogens is 268 g/mol. The number of halogens is 1. The molecule has 2 heterocycles. The molecule has 0 aliphatic rings. The summed E-state index contributed by atoms with van der Waals surface area (Å²) in [5.41, 5.74) is 6.33. The van der Waals surface area contributed by atoms with Gasteiger partial charge in [0.25, 0.3) is 0 Å². The minimum atomic E-state index is 0.351. The van der Waals surface area contributed by atoms with Gasteiger partial charge in [-0.2, -0.15) is 0 Å². The van der Waals surface area contributed by atoms with Gasteiger partial charge in [0.2, 0.25) is 0 Å². The number of hydrogen-bond acceptors (Lipinski definition) is 4. The molecular formula is C11H9BrN4. The van der Waals surface area contributed by atoms with Crippen molar-refractivity contribution in [3.63, 3.8) is 0 Å². The van der Waals surface area contributed by atoms with E-state index in [0.717, 1.165) is 21.1 Å². The topological polar surface area (TPSA) is 63.8 Å². The van der Waals surface area contributed by atoms with E-state index in [2.05, 4.69) is 37.1 Å². The Morgan fingerprint density at radius 1 is 1.44 bits per heavy atom. The molecule has 0 bridgehead atoms. The molecule has 0 aliphatic carbocycles. The Balaban J connectivity index is 2.99. The van der Waals surface area contributed by atoms with Gasteiger partial charge < -0.3 is 11.1 Å². The normalized spacial score (nSPS) is 10.1. The van der Waals surface area contributed by atoms with Gasteiger partial charge in [0.15, 0.2) is 0 Å². The Hall–Kier alpha value is -1.80. The average Bonchev–Trinajstić information content (AvgIpc) is 2.30. The molecule has 0 saturated carbocycles. The number of nitrogens with two attached hydrogens (primary N) is 1. The van der Waals surface area contributed by atoms with E-state index < -0.39 is 0 Å². The van der Waals surface area contributed by atoms with Crippen molar-refractivity contribution in [2.24, 2.45) is 0 Å². The third-order valence-corrected chi connectivity index (χ3v) is 2.89. The molecule has 5 heteroatoms. The molecule has 16 heavy (non-hydrogen) atoms. The Labute approximate surface area is 101 Å². The van der Waals surface area contributed by atoms with Crippen LogP contribution in [0, 0.1) is 12.3 Å². The Bertz CT molecular complexity index is 601. The Kier molecular flexibility index (Phi) is 2.67. The summed E-state index contributed by atoms with van der Waals surface area (Å²) in [5, 5.41) is 4.69. The first-order chi connectivity index (χ1) is 7.69. The molecule has 0 aliphatic heterocycles. The maximum Gasteiger partial charge on any atom is 0.139 e. The first kappa shape index (κ1) is 10.7. The Morgan fingerprint density at radius 3 is 2.81 bits per heavy atom. The van der Waals surface area contributed by atoms with Gasteiger partial charge in [-0.05, 0) is 15.9 Å². The fraction of sp³-hybridized carbons (Fsp3) is 0.0909. The van der Waals surface area contributed by atoms with Crippen LogP contribution in [0.4, 0.5) is 11.6 Å². The largest absolute Gasteiger partial charge is 0.383 e. The molecule has 0 atom stereocenters. The number of nitrogens with zero attached hydrogens (tertiary/aromatic N) is 2. The van der Waals surface area contributed by atoms with Crippen LogP contribution in [0.5, 0.6) is 0 Å². The second-order valence-corrected chi connectivity index (χ2v) is 4.01. The number of fused-ring (bicyclic) bond motifs is 1. The van der Waals surface area contributed by atoms with Gasteiger partial charge >= 0.3 is 0 Å². The second kappa shape index (κ2) is 3.99. The number of nitrogen functional groups attached to an aromatic ring is 1. The van der Waals surface area contributed by atoms with Gasteiger partial charge in [-0.25, -0.2) is 9.97 Å². The summed E-state index contributed by atoms with van der Waals surface area (Å²) in [7, 11) is 1.79. The maximum atomic E-state index is 5.74. The van der Waals surface area contributed by atoms with Crippen LogP contribution >= 0.6 is 15.9 Å². The average molecular weight is 277 g/mol. The van der Waals surface area contributed by atoms with Crippen molar-refractivity contribution in [2.45, 2.75) is 0 Å². The zero-order valence-corrected chi connectivity index (χ0v) is 10.2. The molecule has 0 radical (unpaired) electrons. The Morgan fingerprint density at radius 2 is 2.19 bits per heavy atom. The lowest BCUT2D eigenvalue weighted by Crippen LogP contribution is -2.00. The van der Waals surface area contributed by atoms with Crippen LogP contribution in [0.3, 0.4) is 0 Å². The molecule has 0 aromatic carbocycles. The van der Waals surface area contributed by atoms with Crippen LogP contribution in [0.25, 0.3) is 10.8 Å². The quantitative estimate of drug-likeness (QED) is 0.782. The van der Waals surface area contributed by atoms with Crippen molar-refractivity contribution in [3.05, 3.63) is 22.4 Å². The first-order valence-electron chi connectivity index (χ1n) is 4.56. The smallest absolute Gasteiger partial charge is 0.139 e. The maximum absolute atomic E-state index is 5.74. The SMILES string of the molecule is C#Cc1c(N)ncc2c(NC)ncc(Br)c12. The van der Waals surface area contributed by atoms with Crippen molar-refractivity contribution in [1.82, 2.24) is 9.97 Å². The van der Waals surface area contributed by atoms with Crippen molar-refractivity contribution in [2.75, 3.05) is 18.1 Å². The number of aromatic nitrogens is 2. The fourth-order valence-corrected chi connectivity index (χ4v) is 2.07. The van der Waals surface area contributed by atoms with Gasteiger partial charge in [-0.1, -0.05) is 5.92 Å². The molecule has 0 spiro atoms. The number of pyridine rings is 2. The lowest BCUT2D eigenvalue weighted by atomic mass is 10.1. The third-order valence-electron chi connectivity index (χ3n) is 2.29. The molecule has 0 saturated heterocycles. The van der Waals surface area contributed by atoms with Crippen LogP contribution in [0.15, 0.2) is 16.9 Å². The molecule has 0 unspecified atom stereocenters. The number of terminal acetylenes is 1. The molecule has 0 amide bonds. The van der Waals surface area contributed by atoms with E-state index in [-0.39, 0.29) is 0 Å². The molecule has 3 N–H and O–H groups in total. The van der Waals surface area contributed by atoms with E-state index in [1.54, 1.807) is 19.4 Å². The highest BCUT2D eigenvalue weighted by atomic mass is 79.9. The molecule has 2 aromatic rings. The van der Waals surface area contributed by atoms with Crippen LogP contribution in [-0.2, 0) is 0 Å². The molecule has 4 nitrogen and oxygen atoms in total. The second-order valence-electron chi connectivity index (χ2n) is 3.16. The van der Waals surface area contributed by atoms with Crippen molar-refractivity contribution >= 4 is 38.3 Å². The minimum Gasteiger partial charge on any atom is -0.383 e. The van der Waals surface area contributed by atoms with E-state index in [0.29, 0.717) is 11.4 Å². The predicted octanol–water partition coefficient (Wildman–Crippen LogP) is 2.00. The highest BCUT2D eigenvalue weighted by molar-refractivity contribution is 9.10. The lowest BCUT2D eigenvalue weighted by molar-refractivity contribution is 1.28. The number of rotatable bonds is 1. The molecule has 2 rings (SSSR count). The van der Waals surface area contributed by atoms with Crippen molar-refractivity contribution in [3.8, 4) is 12.3 Å². The van der Waals surface area contributed by atoms with Gasteiger partial charge in [0, 0.05) is 34.7 Å². The van der Waals surface area contributed by atoms with E-state index in [1.165, 1.54) is 0 Å². The molecule has 80 valence electrons. The summed E-state index contributed by atoms with van der Waals surface area (Å²) < 4.78 is 0.809. The van der Waals surface area contributed by atoms with Crippen LogP contribution in [0.1, 0.15) is 5.56 Å². The number of anilines is 2. The predicted molar refractivity (Wildman–Crippen MR) is 69.1 cm³/mol. The summed E-state index contributed by atoms with van der Waals surface area (Å²) in [6.07, 6.45) is 8.80. The van der Waals surface area contributed by atoms with Crippen molar-refractivity contribution < 1.29 is 0 Å². The van der Waals surface area contributed by atoms with Crippen LogP contribution < -0.4 is 11.1 Å². The van der Waals surface area contributed by atoms with Gasteiger partial charge in [0.1, 0.15) is 11.6 Å².